The number of piperidine rings is 1. The largest absolute Gasteiger partial charge is 0.487 e. The molecule has 0 unspecified atom stereocenters. The smallest absolute Gasteiger partial charge is 0.245 e. The second-order valence-corrected chi connectivity index (χ2v) is 12.9. The van der Waals surface area contributed by atoms with E-state index in [1.165, 1.54) is 6.92 Å². The average Bonchev–Trinajstić information content (AvgIpc) is 3.57. The number of hydrogen-bond acceptors (Lipinski definition) is 6. The van der Waals surface area contributed by atoms with Gasteiger partial charge in [-0.25, -0.2) is 0 Å². The highest BCUT2D eigenvalue weighted by Crippen LogP contribution is 2.58. The summed E-state index contributed by atoms with van der Waals surface area (Å²) in [5.41, 5.74) is 1.73. The Morgan fingerprint density at radius 2 is 1.95 bits per heavy atom. The number of hydrogen-bond donors (Lipinski definition) is 0. The van der Waals surface area contributed by atoms with E-state index in [1.807, 2.05) is 32.3 Å². The molecule has 39 heavy (non-hydrogen) atoms. The number of likely N-dealkylation sites (tertiary alicyclic amines) is 1. The maximum absolute atomic E-state index is 13.6. The molecule has 1 aliphatic heterocycles. The van der Waals surface area contributed by atoms with Gasteiger partial charge < -0.3 is 9.64 Å². The zero-order valence-corrected chi connectivity index (χ0v) is 23.7. The number of nitrogens with zero attached hydrogens (tertiary/aromatic N) is 5. The number of halogens is 2. The Morgan fingerprint density at radius 3 is 2.62 bits per heavy atom. The molecule has 2 aromatic heterocycles. The molecule has 2 saturated carbocycles. The fourth-order valence-electron chi connectivity index (χ4n) is 6.09. The molecule has 0 N–H and O–H groups in total. The summed E-state index contributed by atoms with van der Waals surface area (Å²) in [5.74, 6) is 0.857. The number of ketones is 2. The summed E-state index contributed by atoms with van der Waals surface area (Å²) < 4.78 is 8.43. The van der Waals surface area contributed by atoms with E-state index in [4.69, 9.17) is 27.9 Å². The fraction of sp³-hybridized carbons (Fsp3) is 0.536. The number of alkyl halides is 2. The van der Waals surface area contributed by atoms with E-state index in [2.05, 4.69) is 10.2 Å². The Morgan fingerprint density at radius 1 is 1.18 bits per heavy atom. The third kappa shape index (κ3) is 5.07. The van der Waals surface area contributed by atoms with E-state index in [1.54, 1.807) is 26.4 Å². The first-order valence-corrected chi connectivity index (χ1v) is 14.1. The lowest BCUT2D eigenvalue weighted by Gasteiger charge is -2.27. The van der Waals surface area contributed by atoms with Crippen molar-refractivity contribution >= 4 is 51.6 Å². The van der Waals surface area contributed by atoms with Crippen LogP contribution < -0.4 is 4.74 Å². The van der Waals surface area contributed by atoms with E-state index < -0.39 is 10.4 Å². The van der Waals surface area contributed by atoms with Gasteiger partial charge in [0.1, 0.15) is 28.9 Å². The molecule has 0 bridgehead atoms. The van der Waals surface area contributed by atoms with Gasteiger partial charge in [0.15, 0.2) is 11.6 Å². The van der Waals surface area contributed by atoms with Crippen LogP contribution in [-0.4, -0.2) is 58.4 Å². The molecule has 3 heterocycles. The van der Waals surface area contributed by atoms with Gasteiger partial charge in [-0.05, 0) is 61.3 Å². The number of Topliss-reactive ketones (excluding diaryl/α,β-unsaturated/α-hetero) is 2. The topological polar surface area (TPSA) is 99.3 Å². The van der Waals surface area contributed by atoms with Crippen molar-refractivity contribution in [1.29, 1.82) is 0 Å². The predicted molar refractivity (Wildman–Crippen MR) is 146 cm³/mol. The number of fused-ring (bicyclic) bond motifs is 2. The quantitative estimate of drug-likeness (QED) is 0.265. The molecule has 1 saturated heterocycles. The Balaban J connectivity index is 1.18. The maximum atomic E-state index is 13.6. The van der Waals surface area contributed by atoms with Crippen molar-refractivity contribution in [2.75, 3.05) is 0 Å². The Bertz CT molecular complexity index is 1480. The second kappa shape index (κ2) is 9.63. The summed E-state index contributed by atoms with van der Waals surface area (Å²) in [4.78, 5) is 41.1. The molecule has 3 fully saturated rings. The molecule has 3 aromatic rings. The van der Waals surface area contributed by atoms with Crippen LogP contribution in [-0.2, 0) is 29.8 Å². The molecule has 6 rings (SSSR count). The highest BCUT2D eigenvalue weighted by molar-refractivity contribution is 6.50. The number of aryl methyl sites for hydroxylation is 1. The van der Waals surface area contributed by atoms with Crippen molar-refractivity contribution in [1.82, 2.24) is 24.5 Å². The molecule has 0 spiro atoms. The summed E-state index contributed by atoms with van der Waals surface area (Å²) in [6, 6.07) is 6.93. The van der Waals surface area contributed by atoms with Gasteiger partial charge in [0.2, 0.25) is 5.91 Å². The number of carbonyl (C=O) groups excluding carboxylic acids is 3. The number of ether oxygens (including phenoxy) is 1. The molecule has 206 valence electrons. The molecule has 0 radical (unpaired) electrons. The predicted octanol–water partition coefficient (Wildman–Crippen LogP) is 4.33. The maximum Gasteiger partial charge on any atom is 0.245 e. The summed E-state index contributed by atoms with van der Waals surface area (Å²) >= 11 is 12.4. The van der Waals surface area contributed by atoms with Gasteiger partial charge >= 0.3 is 0 Å². The van der Waals surface area contributed by atoms with Crippen LogP contribution in [0.4, 0.5) is 0 Å². The summed E-state index contributed by atoms with van der Waals surface area (Å²) in [6.45, 7) is 3.70. The standard InChI is InChI=1S/C28H31Cl2N5O4/c1-15(21-12-28(21,29)30)8-25(37)24-10-17-9-23(17)35(24)26(38)13-34-22-5-4-19(11-20(22)27(32-34)16(2)36)39-14-18-6-7-33(3)31-18/h4-7,11,15,17,21,23-24H,8-10,12-14H2,1-3H3/t15-,17+,21+,23+,24-/m0/s1. The molecule has 11 heteroatoms. The van der Waals surface area contributed by atoms with Crippen LogP contribution in [0.15, 0.2) is 30.5 Å². The van der Waals surface area contributed by atoms with Crippen molar-refractivity contribution in [2.45, 2.75) is 69.1 Å². The minimum atomic E-state index is -0.730. The first-order chi connectivity index (χ1) is 18.5. The summed E-state index contributed by atoms with van der Waals surface area (Å²) in [7, 11) is 1.84. The van der Waals surface area contributed by atoms with E-state index in [0.717, 1.165) is 12.1 Å². The third-order valence-corrected chi connectivity index (χ3v) is 9.21. The minimum absolute atomic E-state index is 0.0461. The number of rotatable bonds is 10. The van der Waals surface area contributed by atoms with Gasteiger partial charge in [0, 0.05) is 38.0 Å². The highest BCUT2D eigenvalue weighted by atomic mass is 35.5. The van der Waals surface area contributed by atoms with Crippen molar-refractivity contribution in [3.63, 3.8) is 0 Å². The van der Waals surface area contributed by atoms with Crippen LogP contribution in [0.2, 0.25) is 0 Å². The molecule has 1 aromatic carbocycles. The van der Waals surface area contributed by atoms with Crippen LogP contribution in [0.1, 0.15) is 55.7 Å². The molecule has 9 nitrogen and oxygen atoms in total. The lowest BCUT2D eigenvalue weighted by atomic mass is 9.94. The number of benzene rings is 1. The lowest BCUT2D eigenvalue weighted by Crippen LogP contribution is -2.45. The van der Waals surface area contributed by atoms with Gasteiger partial charge in [-0.15, -0.1) is 23.2 Å². The fourth-order valence-corrected chi connectivity index (χ4v) is 6.85. The Hall–Kier alpha value is -2.91. The lowest BCUT2D eigenvalue weighted by molar-refractivity contribution is -0.139. The molecule has 3 aliphatic rings. The Kier molecular flexibility index (Phi) is 6.50. The normalized spacial score (nSPS) is 25.4. The molecule has 1 amide bonds. The number of carbonyl (C=O) groups is 3. The summed E-state index contributed by atoms with van der Waals surface area (Å²) in [5, 5.41) is 9.44. The van der Waals surface area contributed by atoms with Gasteiger partial charge in [0.25, 0.3) is 0 Å². The van der Waals surface area contributed by atoms with Gasteiger partial charge in [-0.2, -0.15) is 10.2 Å². The highest BCUT2D eigenvalue weighted by Gasteiger charge is 2.57. The van der Waals surface area contributed by atoms with Gasteiger partial charge in [0.05, 0.1) is 17.3 Å². The van der Waals surface area contributed by atoms with E-state index in [-0.39, 0.29) is 54.2 Å². The number of aromatic nitrogens is 4. The third-order valence-electron chi connectivity index (χ3n) is 8.34. The van der Waals surface area contributed by atoms with Crippen LogP contribution in [0.3, 0.4) is 0 Å². The van der Waals surface area contributed by atoms with Crippen LogP contribution >= 0.6 is 23.2 Å². The van der Waals surface area contributed by atoms with Crippen molar-refractivity contribution < 1.29 is 19.1 Å². The monoisotopic (exact) mass is 571 g/mol. The van der Waals surface area contributed by atoms with Crippen molar-refractivity contribution in [2.24, 2.45) is 24.8 Å². The SMILES string of the molecule is CC(=O)c1nn(CC(=O)N2[C@@H]3C[C@@H]3C[C@H]2C(=O)C[C@H](C)[C@H]2CC2(Cl)Cl)c2ccc(OCc3ccn(C)n3)cc12. The molecular weight excluding hydrogens is 541 g/mol. The van der Waals surface area contributed by atoms with E-state index in [0.29, 0.717) is 41.8 Å². The van der Waals surface area contributed by atoms with Gasteiger partial charge in [-0.1, -0.05) is 6.92 Å². The van der Waals surface area contributed by atoms with Crippen molar-refractivity contribution in [3.05, 3.63) is 41.9 Å². The second-order valence-electron chi connectivity index (χ2n) is 11.3. The molecular formula is C28H31Cl2N5O4. The van der Waals surface area contributed by atoms with Crippen LogP contribution in [0.5, 0.6) is 5.75 Å². The molecule has 2 aliphatic carbocycles. The van der Waals surface area contributed by atoms with Gasteiger partial charge in [-0.3, -0.25) is 23.7 Å². The zero-order chi connectivity index (χ0) is 27.6. The van der Waals surface area contributed by atoms with Crippen LogP contribution in [0, 0.1) is 17.8 Å². The van der Waals surface area contributed by atoms with Crippen LogP contribution in [0.25, 0.3) is 10.9 Å². The van der Waals surface area contributed by atoms with E-state index >= 15 is 0 Å². The molecule has 5 atom stereocenters. The summed E-state index contributed by atoms with van der Waals surface area (Å²) in [6.07, 6.45) is 4.53. The first-order valence-electron chi connectivity index (χ1n) is 13.4. The first kappa shape index (κ1) is 26.3. The zero-order valence-electron chi connectivity index (χ0n) is 22.1. The van der Waals surface area contributed by atoms with E-state index in [9.17, 15) is 14.4 Å². The average molecular weight is 572 g/mol. The Labute approximate surface area is 236 Å². The van der Waals surface area contributed by atoms with Crippen molar-refractivity contribution in [3.8, 4) is 5.75 Å². The minimum Gasteiger partial charge on any atom is -0.487 e. The number of amides is 1.